The lowest BCUT2D eigenvalue weighted by Gasteiger charge is -2.15. The summed E-state index contributed by atoms with van der Waals surface area (Å²) in [5, 5.41) is 11.0. The van der Waals surface area contributed by atoms with Gasteiger partial charge in [-0.1, -0.05) is 152 Å². The van der Waals surface area contributed by atoms with Crippen molar-refractivity contribution in [2.45, 2.75) is 13.8 Å². The van der Waals surface area contributed by atoms with Gasteiger partial charge in [-0.15, -0.1) is 0 Å². The Balaban J connectivity index is 0.996. The number of hydrogen-bond donors (Lipinski definition) is 0. The Morgan fingerprint density at radius 1 is 0.329 bits per heavy atom. The molecule has 0 aliphatic rings. The predicted octanol–water partition coefficient (Wildman–Crippen LogP) is 18.1. The maximum atomic E-state index is 4.45. The molecule has 0 radical (unpaired) electrons. The van der Waals surface area contributed by atoms with Crippen molar-refractivity contribution in [2.75, 3.05) is 0 Å². The maximum Gasteiger partial charge on any atom is 0.0788 e. The van der Waals surface area contributed by atoms with Crippen molar-refractivity contribution in [3.8, 4) is 28.4 Å². The average Bonchev–Trinajstić information content (AvgIpc) is 4.27. The molecule has 15 aromatic rings. The summed E-state index contributed by atoms with van der Waals surface area (Å²) in [7, 11) is 0. The molecule has 0 aliphatic heterocycles. The van der Waals surface area contributed by atoms with Crippen LogP contribution in [0.1, 0.15) is 25.1 Å². The molecular formula is C68H47N5. The number of rotatable bonds is 7. The van der Waals surface area contributed by atoms with E-state index in [0.29, 0.717) is 0 Å². The quantitative estimate of drug-likeness (QED) is 0.152. The number of benzene rings is 10. The standard InChI is InChI=1S/C68H47N5/c1-4-20-62-64(43(2)3)55-30-11-16-35-60(55)69(62)45-23-18-25-47(41-45)72-58-33-14-8-27-49(58)52-39-40-63-65(66(52)72)56-31-12-17-36-61(56)70(63)46-24-19-26-48(42-46)73-59-34-15-10-29-51(59)54-38-37-53-50-28-9-13-32-57(50)71(67(53)68(54)73)44-21-6-5-7-22-44/h4-42H,2H2,1,3H3/b20-4-. The van der Waals surface area contributed by atoms with Gasteiger partial charge in [-0.25, -0.2) is 0 Å². The van der Waals surface area contributed by atoms with E-state index in [0.717, 1.165) is 56.3 Å². The van der Waals surface area contributed by atoms with Crippen molar-refractivity contribution >= 4 is 110 Å². The van der Waals surface area contributed by atoms with Crippen LogP contribution in [0.25, 0.3) is 138 Å². The molecule has 0 N–H and O–H groups in total. The van der Waals surface area contributed by atoms with Gasteiger partial charge in [0.05, 0.1) is 55.3 Å². The van der Waals surface area contributed by atoms with Crippen molar-refractivity contribution in [1.82, 2.24) is 22.8 Å². The summed E-state index contributed by atoms with van der Waals surface area (Å²) >= 11 is 0. The second-order valence-electron chi connectivity index (χ2n) is 19.4. The molecule has 0 bridgehead atoms. The zero-order chi connectivity index (χ0) is 48.5. The average molecular weight is 934 g/mol. The Morgan fingerprint density at radius 3 is 1.25 bits per heavy atom. The minimum absolute atomic E-state index is 1.05. The number of nitrogens with zero attached hydrogens (tertiary/aromatic N) is 5. The Morgan fingerprint density at radius 2 is 0.712 bits per heavy atom. The van der Waals surface area contributed by atoms with Gasteiger partial charge >= 0.3 is 0 Å². The largest absolute Gasteiger partial charge is 0.309 e. The SMILES string of the molecule is C=C(C)c1c(/C=C\C)n(-c2cccc(-n3c4ccccc4c4ccc5c(c6ccccc6n5-c5cccc(-n6c7ccccc7c7ccc8c9ccccc9n(-c9ccccc9)c8c76)c5)c43)c2)c2ccccc12. The van der Waals surface area contributed by atoms with Crippen LogP contribution >= 0.6 is 0 Å². The third-order valence-corrected chi connectivity index (χ3v) is 15.3. The summed E-state index contributed by atoms with van der Waals surface area (Å²) in [5.41, 5.74) is 19.5. The van der Waals surface area contributed by atoms with E-state index in [9.17, 15) is 0 Å². The Hall–Kier alpha value is -9.58. The van der Waals surface area contributed by atoms with Crippen LogP contribution in [0.4, 0.5) is 0 Å². The van der Waals surface area contributed by atoms with Gasteiger partial charge in [0.2, 0.25) is 0 Å². The molecule has 0 aliphatic carbocycles. The zero-order valence-electron chi connectivity index (χ0n) is 40.5. The molecule has 0 atom stereocenters. The van der Waals surface area contributed by atoms with Gasteiger partial charge in [0.25, 0.3) is 0 Å². The highest BCUT2D eigenvalue weighted by atomic mass is 15.1. The summed E-state index contributed by atoms with van der Waals surface area (Å²) in [6.45, 7) is 8.65. The number of fused-ring (bicyclic) bond motifs is 15. The van der Waals surface area contributed by atoms with Gasteiger partial charge < -0.3 is 22.8 Å². The molecule has 344 valence electrons. The second kappa shape index (κ2) is 15.7. The Kier molecular flexibility index (Phi) is 8.87. The Labute approximate surface area is 421 Å². The lowest BCUT2D eigenvalue weighted by atomic mass is 10.0. The number of aromatic nitrogens is 5. The first-order valence-corrected chi connectivity index (χ1v) is 25.2. The van der Waals surface area contributed by atoms with Crippen LogP contribution in [-0.2, 0) is 0 Å². The normalized spacial score (nSPS) is 12.2. The van der Waals surface area contributed by atoms with Gasteiger partial charge in [0.15, 0.2) is 0 Å². The van der Waals surface area contributed by atoms with E-state index in [1.165, 1.54) is 87.1 Å². The van der Waals surface area contributed by atoms with Crippen molar-refractivity contribution in [3.05, 3.63) is 248 Å². The van der Waals surface area contributed by atoms with Crippen molar-refractivity contribution < 1.29 is 0 Å². The molecule has 0 amide bonds. The highest BCUT2D eigenvalue weighted by Gasteiger charge is 2.25. The minimum atomic E-state index is 1.05. The maximum absolute atomic E-state index is 4.45. The highest BCUT2D eigenvalue weighted by Crippen LogP contribution is 2.45. The minimum Gasteiger partial charge on any atom is -0.309 e. The summed E-state index contributed by atoms with van der Waals surface area (Å²) in [6, 6.07) is 82.6. The summed E-state index contributed by atoms with van der Waals surface area (Å²) in [6.07, 6.45) is 4.35. The molecule has 0 spiro atoms. The van der Waals surface area contributed by atoms with E-state index in [-0.39, 0.29) is 0 Å². The van der Waals surface area contributed by atoms with E-state index in [4.69, 9.17) is 0 Å². The van der Waals surface area contributed by atoms with E-state index in [2.05, 4.69) is 280 Å². The van der Waals surface area contributed by atoms with E-state index in [1.807, 2.05) is 0 Å². The molecule has 15 rings (SSSR count). The molecule has 0 saturated carbocycles. The number of allylic oxidation sites excluding steroid dienone is 2. The molecule has 5 nitrogen and oxygen atoms in total. The van der Waals surface area contributed by atoms with E-state index < -0.39 is 0 Å². The van der Waals surface area contributed by atoms with Crippen molar-refractivity contribution in [3.63, 3.8) is 0 Å². The van der Waals surface area contributed by atoms with E-state index in [1.54, 1.807) is 0 Å². The van der Waals surface area contributed by atoms with Gasteiger partial charge in [-0.3, -0.25) is 0 Å². The van der Waals surface area contributed by atoms with Crippen LogP contribution in [0.2, 0.25) is 0 Å². The molecule has 5 heteroatoms. The van der Waals surface area contributed by atoms with Crippen LogP contribution < -0.4 is 0 Å². The summed E-state index contributed by atoms with van der Waals surface area (Å²) in [4.78, 5) is 0. The second-order valence-corrected chi connectivity index (χ2v) is 19.4. The fraction of sp³-hybridized carbons (Fsp3) is 0.0294. The molecule has 0 saturated heterocycles. The Bertz CT molecular complexity index is 4830. The first-order valence-electron chi connectivity index (χ1n) is 25.2. The lowest BCUT2D eigenvalue weighted by Crippen LogP contribution is -2.01. The van der Waals surface area contributed by atoms with Crippen molar-refractivity contribution in [1.29, 1.82) is 0 Å². The van der Waals surface area contributed by atoms with Gasteiger partial charge in [-0.2, -0.15) is 0 Å². The zero-order valence-corrected chi connectivity index (χ0v) is 40.5. The molecule has 5 heterocycles. The van der Waals surface area contributed by atoms with E-state index >= 15 is 0 Å². The van der Waals surface area contributed by atoms with Crippen molar-refractivity contribution in [2.24, 2.45) is 0 Å². The first kappa shape index (κ1) is 41.2. The highest BCUT2D eigenvalue weighted by molar-refractivity contribution is 6.27. The predicted molar refractivity (Wildman–Crippen MR) is 310 cm³/mol. The van der Waals surface area contributed by atoms with Gasteiger partial charge in [0.1, 0.15) is 0 Å². The number of para-hydroxylation sites is 6. The molecule has 10 aromatic carbocycles. The van der Waals surface area contributed by atoms with Crippen LogP contribution in [0, 0.1) is 0 Å². The molecule has 0 fully saturated rings. The molecule has 5 aromatic heterocycles. The molecular weight excluding hydrogens is 887 g/mol. The third-order valence-electron chi connectivity index (χ3n) is 15.3. The molecule has 73 heavy (non-hydrogen) atoms. The van der Waals surface area contributed by atoms with Crippen LogP contribution in [0.15, 0.2) is 237 Å². The number of hydrogen-bond acceptors (Lipinski definition) is 0. The van der Waals surface area contributed by atoms with Crippen LogP contribution in [0.3, 0.4) is 0 Å². The van der Waals surface area contributed by atoms with Gasteiger partial charge in [0, 0.05) is 82.5 Å². The third kappa shape index (κ3) is 5.79. The fourth-order valence-electron chi connectivity index (χ4n) is 12.5. The van der Waals surface area contributed by atoms with Gasteiger partial charge in [-0.05, 0) is 110 Å². The molecule has 0 unspecified atom stereocenters. The monoisotopic (exact) mass is 933 g/mol. The smallest absolute Gasteiger partial charge is 0.0788 e. The summed E-state index contributed by atoms with van der Waals surface area (Å²) < 4.78 is 12.3. The topological polar surface area (TPSA) is 24.6 Å². The lowest BCUT2D eigenvalue weighted by molar-refractivity contribution is 1.09. The summed E-state index contributed by atoms with van der Waals surface area (Å²) in [5.74, 6) is 0. The fourth-order valence-corrected chi connectivity index (χ4v) is 12.5. The van der Waals surface area contributed by atoms with Crippen LogP contribution in [-0.4, -0.2) is 22.8 Å². The van der Waals surface area contributed by atoms with Crippen LogP contribution in [0.5, 0.6) is 0 Å². The first-order chi connectivity index (χ1) is 36.1.